The molecule has 1 aliphatic carbocycles. The molecule has 0 radical (unpaired) electrons. The molecule has 0 saturated heterocycles. The number of carbonyl (C=O) groups is 3. The molecule has 2 amide bonds. The third-order valence-corrected chi connectivity index (χ3v) is 6.17. The SMILES string of the molecule is Cc1ccc(NC(=O)OCC2c3ccccc3-c3ccccc32)c(C(=O)NC(C)CCC(=O)O)c1. The minimum absolute atomic E-state index is 0.0415. The van der Waals surface area contributed by atoms with Crippen LogP contribution < -0.4 is 10.6 Å². The van der Waals surface area contributed by atoms with Crippen LogP contribution in [0, 0.1) is 6.92 Å². The van der Waals surface area contributed by atoms with Gasteiger partial charge in [0.2, 0.25) is 0 Å². The molecule has 0 fully saturated rings. The second-order valence-corrected chi connectivity index (χ2v) is 8.81. The van der Waals surface area contributed by atoms with Gasteiger partial charge in [-0.05, 0) is 54.7 Å². The van der Waals surface area contributed by atoms with Gasteiger partial charge in [0.05, 0.1) is 11.3 Å². The fourth-order valence-corrected chi connectivity index (χ4v) is 4.41. The van der Waals surface area contributed by atoms with Gasteiger partial charge < -0.3 is 15.2 Å². The molecule has 3 aromatic rings. The number of benzene rings is 3. The number of anilines is 1. The normalized spacial score (nSPS) is 12.9. The number of amides is 2. The van der Waals surface area contributed by atoms with Crippen molar-refractivity contribution in [3.63, 3.8) is 0 Å². The third kappa shape index (κ3) is 5.51. The number of carboxylic acids is 1. The van der Waals surface area contributed by atoms with Crippen LogP contribution in [0.3, 0.4) is 0 Å². The van der Waals surface area contributed by atoms with Gasteiger partial charge in [-0.15, -0.1) is 0 Å². The Kier molecular flexibility index (Phi) is 7.15. The van der Waals surface area contributed by atoms with E-state index in [1.807, 2.05) is 31.2 Å². The lowest BCUT2D eigenvalue weighted by atomic mass is 9.98. The van der Waals surface area contributed by atoms with Crippen LogP contribution in [0.1, 0.15) is 52.7 Å². The molecule has 1 unspecified atom stereocenters. The molecule has 0 spiro atoms. The first-order chi connectivity index (χ1) is 16.8. The van der Waals surface area contributed by atoms with E-state index in [1.165, 1.54) is 0 Å². The fraction of sp³-hybridized carbons (Fsp3) is 0.250. The van der Waals surface area contributed by atoms with Crippen LogP contribution in [-0.2, 0) is 9.53 Å². The van der Waals surface area contributed by atoms with E-state index in [1.54, 1.807) is 25.1 Å². The van der Waals surface area contributed by atoms with E-state index in [4.69, 9.17) is 9.84 Å². The summed E-state index contributed by atoms with van der Waals surface area (Å²) in [6, 6.07) is 21.0. The second kappa shape index (κ2) is 10.4. The first-order valence-electron chi connectivity index (χ1n) is 11.6. The van der Waals surface area contributed by atoms with Crippen LogP contribution in [0.25, 0.3) is 11.1 Å². The van der Waals surface area contributed by atoms with Crippen LogP contribution in [0.5, 0.6) is 0 Å². The molecule has 3 aromatic carbocycles. The standard InChI is InChI=1S/C28H28N2O5/c1-17-11-13-25(23(15-17)27(33)29-18(2)12-14-26(31)32)30-28(34)35-16-24-21-9-5-3-7-19(21)20-8-4-6-10-22(20)24/h3-11,13,15,18,24H,12,14,16H2,1-2H3,(H,29,33)(H,30,34)(H,31,32). The average Bonchev–Trinajstić information content (AvgIpc) is 3.16. The van der Waals surface area contributed by atoms with Gasteiger partial charge in [-0.3, -0.25) is 14.9 Å². The van der Waals surface area contributed by atoms with Gasteiger partial charge in [0, 0.05) is 18.4 Å². The summed E-state index contributed by atoms with van der Waals surface area (Å²) in [6.07, 6.45) is -0.383. The molecule has 4 rings (SSSR count). The molecule has 0 saturated carbocycles. The number of ether oxygens (including phenoxy) is 1. The topological polar surface area (TPSA) is 105 Å². The summed E-state index contributed by atoms with van der Waals surface area (Å²) in [5, 5.41) is 14.4. The van der Waals surface area contributed by atoms with Crippen molar-refractivity contribution in [3.8, 4) is 11.1 Å². The summed E-state index contributed by atoms with van der Waals surface area (Å²) in [7, 11) is 0. The third-order valence-electron chi connectivity index (χ3n) is 6.17. The Labute approximate surface area is 204 Å². The van der Waals surface area contributed by atoms with Crippen molar-refractivity contribution in [2.45, 2.75) is 38.6 Å². The van der Waals surface area contributed by atoms with Crippen LogP contribution in [0.2, 0.25) is 0 Å². The molecular formula is C28H28N2O5. The highest BCUT2D eigenvalue weighted by molar-refractivity contribution is 6.03. The van der Waals surface area contributed by atoms with Crippen molar-refractivity contribution >= 4 is 23.7 Å². The van der Waals surface area contributed by atoms with E-state index in [-0.39, 0.29) is 30.9 Å². The lowest BCUT2D eigenvalue weighted by Gasteiger charge is -2.17. The van der Waals surface area contributed by atoms with E-state index in [9.17, 15) is 14.4 Å². The van der Waals surface area contributed by atoms with Crippen molar-refractivity contribution in [1.82, 2.24) is 5.32 Å². The monoisotopic (exact) mass is 472 g/mol. The molecule has 3 N–H and O–H groups in total. The van der Waals surface area contributed by atoms with Crippen LogP contribution >= 0.6 is 0 Å². The van der Waals surface area contributed by atoms with Crippen LogP contribution in [0.4, 0.5) is 10.5 Å². The molecule has 0 bridgehead atoms. The Hall–Kier alpha value is -4.13. The van der Waals surface area contributed by atoms with Gasteiger partial charge >= 0.3 is 12.1 Å². The Morgan fingerprint density at radius 3 is 2.23 bits per heavy atom. The number of aliphatic carboxylic acids is 1. The van der Waals surface area contributed by atoms with Gasteiger partial charge in [-0.2, -0.15) is 0 Å². The number of aryl methyl sites for hydroxylation is 1. The van der Waals surface area contributed by atoms with Crippen molar-refractivity contribution in [2.75, 3.05) is 11.9 Å². The maximum Gasteiger partial charge on any atom is 0.411 e. The molecule has 180 valence electrons. The summed E-state index contributed by atoms with van der Waals surface area (Å²) >= 11 is 0. The molecule has 0 aliphatic heterocycles. The summed E-state index contributed by atoms with van der Waals surface area (Å²) in [4.78, 5) is 36.4. The van der Waals surface area contributed by atoms with Crippen molar-refractivity contribution in [2.24, 2.45) is 0 Å². The zero-order valence-electron chi connectivity index (χ0n) is 19.7. The molecule has 7 heteroatoms. The number of hydrogen-bond acceptors (Lipinski definition) is 4. The number of carboxylic acid groups (broad SMARTS) is 1. The average molecular weight is 473 g/mol. The van der Waals surface area contributed by atoms with E-state index in [2.05, 4.69) is 34.9 Å². The lowest BCUT2D eigenvalue weighted by Crippen LogP contribution is -2.33. The molecule has 1 aliphatic rings. The van der Waals surface area contributed by atoms with Crippen molar-refractivity contribution in [3.05, 3.63) is 89.0 Å². The Balaban J connectivity index is 1.44. The largest absolute Gasteiger partial charge is 0.481 e. The highest BCUT2D eigenvalue weighted by Crippen LogP contribution is 2.44. The minimum atomic E-state index is -0.917. The number of carbonyl (C=O) groups excluding carboxylic acids is 2. The molecule has 0 aromatic heterocycles. The Bertz CT molecular complexity index is 1220. The maximum atomic E-state index is 12.8. The first-order valence-corrected chi connectivity index (χ1v) is 11.6. The first kappa shape index (κ1) is 24.0. The smallest absolute Gasteiger partial charge is 0.411 e. The number of nitrogens with one attached hydrogen (secondary N) is 2. The fourth-order valence-electron chi connectivity index (χ4n) is 4.41. The van der Waals surface area contributed by atoms with Crippen LogP contribution in [-0.4, -0.2) is 35.7 Å². The predicted octanol–water partition coefficient (Wildman–Crippen LogP) is 5.34. The molecule has 0 heterocycles. The summed E-state index contributed by atoms with van der Waals surface area (Å²) in [6.45, 7) is 3.76. The van der Waals surface area contributed by atoms with Gasteiger partial charge in [0.15, 0.2) is 0 Å². The summed E-state index contributed by atoms with van der Waals surface area (Å²) in [5.41, 5.74) is 6.00. The number of rotatable bonds is 8. The molecule has 35 heavy (non-hydrogen) atoms. The van der Waals surface area contributed by atoms with Crippen molar-refractivity contribution in [1.29, 1.82) is 0 Å². The second-order valence-electron chi connectivity index (χ2n) is 8.81. The van der Waals surface area contributed by atoms with Gasteiger partial charge in [0.25, 0.3) is 5.91 Å². The molecular weight excluding hydrogens is 444 g/mol. The molecule has 7 nitrogen and oxygen atoms in total. The van der Waals surface area contributed by atoms with E-state index >= 15 is 0 Å². The Morgan fingerprint density at radius 2 is 1.60 bits per heavy atom. The summed E-state index contributed by atoms with van der Waals surface area (Å²) < 4.78 is 5.61. The van der Waals surface area contributed by atoms with Crippen molar-refractivity contribution < 1.29 is 24.2 Å². The maximum absolute atomic E-state index is 12.8. The zero-order valence-corrected chi connectivity index (χ0v) is 19.7. The van der Waals surface area contributed by atoms with E-state index in [0.29, 0.717) is 17.7 Å². The van der Waals surface area contributed by atoms with E-state index < -0.39 is 12.1 Å². The van der Waals surface area contributed by atoms with E-state index in [0.717, 1.165) is 27.8 Å². The quantitative estimate of drug-likeness (QED) is 0.411. The summed E-state index contributed by atoms with van der Waals surface area (Å²) in [5.74, 6) is -1.37. The Morgan fingerprint density at radius 1 is 0.971 bits per heavy atom. The number of hydrogen-bond donors (Lipinski definition) is 3. The molecule has 1 atom stereocenters. The zero-order chi connectivity index (χ0) is 24.9. The van der Waals surface area contributed by atoms with Gasteiger partial charge in [0.1, 0.15) is 6.61 Å². The number of fused-ring (bicyclic) bond motifs is 3. The van der Waals surface area contributed by atoms with Gasteiger partial charge in [-0.1, -0.05) is 60.2 Å². The highest BCUT2D eigenvalue weighted by Gasteiger charge is 2.29. The predicted molar refractivity (Wildman–Crippen MR) is 134 cm³/mol. The minimum Gasteiger partial charge on any atom is -0.481 e. The lowest BCUT2D eigenvalue weighted by molar-refractivity contribution is -0.137. The highest BCUT2D eigenvalue weighted by atomic mass is 16.5. The van der Waals surface area contributed by atoms with Crippen LogP contribution in [0.15, 0.2) is 66.7 Å². The van der Waals surface area contributed by atoms with Gasteiger partial charge in [-0.25, -0.2) is 4.79 Å².